The second kappa shape index (κ2) is 3.90. The molecule has 0 aliphatic rings. The van der Waals surface area contributed by atoms with Gasteiger partial charge >= 0.3 is 5.69 Å². The number of fused-ring (bicyclic) bond motifs is 3. The van der Waals surface area contributed by atoms with Gasteiger partial charge in [0.1, 0.15) is 10.7 Å². The molecule has 0 amide bonds. The van der Waals surface area contributed by atoms with Crippen molar-refractivity contribution in [3.8, 4) is 0 Å². The number of thiophene rings is 1. The predicted molar refractivity (Wildman–Crippen MR) is 77.1 cm³/mol. The van der Waals surface area contributed by atoms with Crippen LogP contribution in [-0.2, 0) is 11.8 Å². The Morgan fingerprint density at radius 3 is 2.74 bits per heavy atom. The van der Waals surface area contributed by atoms with Crippen molar-refractivity contribution in [2.24, 2.45) is 0 Å². The molecule has 3 aromatic heterocycles. The van der Waals surface area contributed by atoms with E-state index in [1.54, 1.807) is 15.9 Å². The van der Waals surface area contributed by atoms with E-state index in [9.17, 15) is 4.79 Å². The average Bonchev–Trinajstić information content (AvgIpc) is 2.88. The van der Waals surface area contributed by atoms with E-state index in [-0.39, 0.29) is 11.1 Å². The van der Waals surface area contributed by atoms with Gasteiger partial charge in [-0.25, -0.2) is 19.4 Å². The molecule has 0 aliphatic carbocycles. The number of aromatic nitrogens is 4. The number of aromatic amines is 1. The summed E-state index contributed by atoms with van der Waals surface area (Å²) in [5, 5.41) is 5.85. The summed E-state index contributed by atoms with van der Waals surface area (Å²) in [6.45, 7) is 8.49. The molecule has 0 saturated carbocycles. The van der Waals surface area contributed by atoms with Gasteiger partial charge in [-0.05, 0) is 16.4 Å². The van der Waals surface area contributed by atoms with Gasteiger partial charge in [0.25, 0.3) is 0 Å². The largest absolute Gasteiger partial charge is 0.362 e. The summed E-state index contributed by atoms with van der Waals surface area (Å²) in [5.41, 5.74) is 1.56. The Balaban J connectivity index is 2.54. The van der Waals surface area contributed by atoms with Gasteiger partial charge in [-0.1, -0.05) is 27.7 Å². The van der Waals surface area contributed by atoms with Crippen LogP contribution in [0.3, 0.4) is 0 Å². The molecule has 0 bridgehead atoms. The summed E-state index contributed by atoms with van der Waals surface area (Å²) in [6.07, 6.45) is 0.751. The minimum absolute atomic E-state index is 0.00312. The molecule has 0 fully saturated rings. The maximum absolute atomic E-state index is 11.6. The molecular weight excluding hydrogens is 260 g/mol. The molecule has 0 radical (unpaired) electrons. The Kier molecular flexibility index (Phi) is 2.53. The van der Waals surface area contributed by atoms with Crippen LogP contribution in [0.1, 0.15) is 39.1 Å². The summed E-state index contributed by atoms with van der Waals surface area (Å²) in [6, 6.07) is 0. The molecule has 6 heteroatoms. The van der Waals surface area contributed by atoms with E-state index in [1.165, 1.54) is 5.56 Å². The number of rotatable bonds is 1. The van der Waals surface area contributed by atoms with Crippen LogP contribution < -0.4 is 5.69 Å². The Labute approximate surface area is 114 Å². The Hall–Kier alpha value is -1.69. The van der Waals surface area contributed by atoms with Gasteiger partial charge in [-0.15, -0.1) is 11.3 Å². The van der Waals surface area contributed by atoms with Crippen molar-refractivity contribution in [1.29, 1.82) is 0 Å². The lowest BCUT2D eigenvalue weighted by Crippen LogP contribution is -2.11. The number of nitrogens with zero attached hydrogens (tertiary/aromatic N) is 3. The first-order valence-corrected chi connectivity index (χ1v) is 7.19. The van der Waals surface area contributed by atoms with Crippen LogP contribution in [0.4, 0.5) is 0 Å². The molecule has 0 saturated heterocycles. The standard InChI is InChI=1S/C13H16N4OS/c1-5-8-14-11-9(7(6-19-11)13(2,3)4)10-15-12(18)16-17(8)10/h6H,5H2,1-4H3,(H,16,18). The lowest BCUT2D eigenvalue weighted by atomic mass is 9.87. The van der Waals surface area contributed by atoms with Crippen molar-refractivity contribution in [3.63, 3.8) is 0 Å². The zero-order valence-electron chi connectivity index (χ0n) is 11.4. The van der Waals surface area contributed by atoms with Crippen LogP contribution in [0.2, 0.25) is 0 Å². The number of hydrogen-bond donors (Lipinski definition) is 1. The van der Waals surface area contributed by atoms with Gasteiger partial charge in [-0.2, -0.15) is 4.98 Å². The number of nitrogens with one attached hydrogen (secondary N) is 1. The molecule has 0 spiro atoms. The van der Waals surface area contributed by atoms with Crippen LogP contribution in [0, 0.1) is 0 Å². The van der Waals surface area contributed by atoms with E-state index in [2.05, 4.69) is 41.2 Å². The van der Waals surface area contributed by atoms with Gasteiger partial charge < -0.3 is 0 Å². The van der Waals surface area contributed by atoms with Gasteiger partial charge in [-0.3, -0.25) is 0 Å². The van der Waals surface area contributed by atoms with Crippen molar-refractivity contribution >= 4 is 27.2 Å². The second-order valence-electron chi connectivity index (χ2n) is 5.65. The van der Waals surface area contributed by atoms with Crippen molar-refractivity contribution < 1.29 is 0 Å². The molecule has 3 heterocycles. The smallest absolute Gasteiger partial charge is 0.244 e. The van der Waals surface area contributed by atoms with E-state index in [4.69, 9.17) is 0 Å². The lowest BCUT2D eigenvalue weighted by Gasteiger charge is -2.17. The second-order valence-corrected chi connectivity index (χ2v) is 6.51. The number of aryl methyl sites for hydroxylation is 1. The van der Waals surface area contributed by atoms with Crippen LogP contribution in [0.15, 0.2) is 10.2 Å². The maximum atomic E-state index is 11.6. The molecule has 100 valence electrons. The average molecular weight is 276 g/mol. The molecular formula is C13H16N4OS. The molecule has 1 N–H and O–H groups in total. The van der Waals surface area contributed by atoms with Crippen molar-refractivity contribution in [3.05, 3.63) is 27.3 Å². The fourth-order valence-electron chi connectivity index (χ4n) is 2.28. The number of hydrogen-bond acceptors (Lipinski definition) is 4. The van der Waals surface area contributed by atoms with Gasteiger partial charge in [0.15, 0.2) is 5.65 Å². The van der Waals surface area contributed by atoms with Gasteiger partial charge in [0.05, 0.1) is 5.39 Å². The van der Waals surface area contributed by atoms with E-state index >= 15 is 0 Å². The van der Waals surface area contributed by atoms with E-state index in [1.807, 2.05) is 6.92 Å². The van der Waals surface area contributed by atoms with Crippen LogP contribution in [0.25, 0.3) is 15.9 Å². The Bertz CT molecular complexity index is 819. The Morgan fingerprint density at radius 1 is 1.37 bits per heavy atom. The van der Waals surface area contributed by atoms with Crippen LogP contribution in [-0.4, -0.2) is 19.6 Å². The third kappa shape index (κ3) is 1.78. The highest BCUT2D eigenvalue weighted by molar-refractivity contribution is 7.17. The zero-order chi connectivity index (χ0) is 13.8. The molecule has 19 heavy (non-hydrogen) atoms. The maximum Gasteiger partial charge on any atom is 0.362 e. The highest BCUT2D eigenvalue weighted by Crippen LogP contribution is 2.35. The molecule has 5 nitrogen and oxygen atoms in total. The van der Waals surface area contributed by atoms with Crippen molar-refractivity contribution in [2.45, 2.75) is 39.5 Å². The third-order valence-electron chi connectivity index (χ3n) is 3.23. The number of H-pyrrole nitrogens is 1. The Morgan fingerprint density at radius 2 is 2.11 bits per heavy atom. The molecule has 0 atom stereocenters. The minimum Gasteiger partial charge on any atom is -0.244 e. The topological polar surface area (TPSA) is 63.0 Å². The van der Waals surface area contributed by atoms with Gasteiger partial charge in [0.2, 0.25) is 0 Å². The first-order chi connectivity index (χ1) is 8.91. The van der Waals surface area contributed by atoms with Crippen LogP contribution in [0.5, 0.6) is 0 Å². The summed E-state index contributed by atoms with van der Waals surface area (Å²) in [4.78, 5) is 21.3. The van der Waals surface area contributed by atoms with Gasteiger partial charge in [0, 0.05) is 6.42 Å². The lowest BCUT2D eigenvalue weighted by molar-refractivity contribution is 0.597. The zero-order valence-corrected chi connectivity index (χ0v) is 12.3. The third-order valence-corrected chi connectivity index (χ3v) is 4.11. The summed E-state index contributed by atoms with van der Waals surface area (Å²) >= 11 is 1.61. The SMILES string of the molecule is CCc1nc2scc(C(C)(C)C)c2c2nc(=O)[nH]n12. The highest BCUT2D eigenvalue weighted by atomic mass is 32.1. The predicted octanol–water partition coefficient (Wildman–Crippen LogP) is 2.49. The van der Waals surface area contributed by atoms with Crippen LogP contribution >= 0.6 is 11.3 Å². The van der Waals surface area contributed by atoms with Crippen molar-refractivity contribution in [2.75, 3.05) is 0 Å². The summed E-state index contributed by atoms with van der Waals surface area (Å²) in [7, 11) is 0. The quantitative estimate of drug-likeness (QED) is 0.742. The fraction of sp³-hybridized carbons (Fsp3) is 0.462. The normalized spacial score (nSPS) is 12.6. The summed E-state index contributed by atoms with van der Waals surface area (Å²) < 4.78 is 1.71. The van der Waals surface area contributed by atoms with E-state index < -0.39 is 0 Å². The molecule has 0 aliphatic heterocycles. The molecule has 3 rings (SSSR count). The van der Waals surface area contributed by atoms with Crippen molar-refractivity contribution in [1.82, 2.24) is 19.6 Å². The van der Waals surface area contributed by atoms with E-state index in [0.29, 0.717) is 5.65 Å². The molecule has 3 aromatic rings. The first kappa shape index (κ1) is 12.3. The monoisotopic (exact) mass is 276 g/mol. The fourth-order valence-corrected chi connectivity index (χ4v) is 3.45. The minimum atomic E-state index is -0.324. The summed E-state index contributed by atoms with van der Waals surface area (Å²) in [5.74, 6) is 0.833. The first-order valence-electron chi connectivity index (χ1n) is 6.31. The van der Waals surface area contributed by atoms with E-state index in [0.717, 1.165) is 22.5 Å². The highest BCUT2D eigenvalue weighted by Gasteiger charge is 2.23. The molecule has 0 aromatic carbocycles. The molecule has 0 unspecified atom stereocenters.